The number of hydrogen-bond donors (Lipinski definition) is 0. The van der Waals surface area contributed by atoms with E-state index in [0.29, 0.717) is 13.0 Å². The summed E-state index contributed by atoms with van der Waals surface area (Å²) in [6.07, 6.45) is 5.20. The van der Waals surface area contributed by atoms with Crippen molar-refractivity contribution in [1.29, 1.82) is 0 Å². The van der Waals surface area contributed by atoms with Crippen LogP contribution in [0.2, 0.25) is 0 Å². The third-order valence-electron chi connectivity index (χ3n) is 4.16. The molecule has 0 saturated carbocycles. The molecule has 0 aliphatic carbocycles. The molecule has 1 aliphatic heterocycles. The zero-order valence-corrected chi connectivity index (χ0v) is 12.9. The van der Waals surface area contributed by atoms with Gasteiger partial charge in [0.1, 0.15) is 12.1 Å². The van der Waals surface area contributed by atoms with Gasteiger partial charge in [0, 0.05) is 25.8 Å². The largest absolute Gasteiger partial charge is 0.333 e. The van der Waals surface area contributed by atoms with Crippen LogP contribution in [0.3, 0.4) is 0 Å². The van der Waals surface area contributed by atoms with Crippen molar-refractivity contribution in [3.63, 3.8) is 0 Å². The minimum atomic E-state index is -0.277. The monoisotopic (exact) mass is 301 g/mol. The fraction of sp³-hybridized carbons (Fsp3) is 0.500. The maximum absolute atomic E-state index is 12.0. The first-order chi connectivity index (χ1) is 10.7. The molecule has 0 N–H and O–H groups in total. The first-order valence-electron chi connectivity index (χ1n) is 8.01. The van der Waals surface area contributed by atoms with Gasteiger partial charge in [0.15, 0.2) is 0 Å². The number of likely N-dealkylation sites (tertiary alicyclic amines) is 1. The fourth-order valence-corrected chi connectivity index (χ4v) is 2.89. The lowest BCUT2D eigenvalue weighted by Crippen LogP contribution is -2.36. The van der Waals surface area contributed by atoms with E-state index in [-0.39, 0.29) is 30.6 Å². The Labute approximate surface area is 131 Å². The number of aryl methyl sites for hydroxylation is 1. The topological polar surface area (TPSA) is 54.5 Å². The van der Waals surface area contributed by atoms with Crippen molar-refractivity contribution < 1.29 is 14.4 Å². The highest BCUT2D eigenvalue weighted by atomic mass is 16.2. The second kappa shape index (κ2) is 8.47. The summed E-state index contributed by atoms with van der Waals surface area (Å²) in [6.45, 7) is 0.643. The number of carbonyl (C=O) groups excluding carboxylic acids is 3. The second-order valence-electron chi connectivity index (χ2n) is 5.81. The molecule has 1 fully saturated rings. The molecule has 118 valence electrons. The van der Waals surface area contributed by atoms with Crippen molar-refractivity contribution in [2.75, 3.05) is 6.54 Å². The lowest BCUT2D eigenvalue weighted by atomic mass is 10.0. The molecular formula is C18H23NO3. The zero-order valence-electron chi connectivity index (χ0n) is 12.9. The lowest BCUT2D eigenvalue weighted by Gasteiger charge is -2.20. The number of carbonyl (C=O) groups is 3. The Balaban J connectivity index is 1.65. The Morgan fingerprint density at radius 2 is 1.91 bits per heavy atom. The predicted molar refractivity (Wildman–Crippen MR) is 84.4 cm³/mol. The molecule has 0 aromatic heterocycles. The quantitative estimate of drug-likeness (QED) is 0.693. The number of rotatable bonds is 8. The Morgan fingerprint density at radius 1 is 1.14 bits per heavy atom. The molecule has 22 heavy (non-hydrogen) atoms. The van der Waals surface area contributed by atoms with Crippen LogP contribution in [0.15, 0.2) is 30.3 Å². The van der Waals surface area contributed by atoms with E-state index in [9.17, 15) is 14.4 Å². The van der Waals surface area contributed by atoms with E-state index in [0.717, 1.165) is 32.0 Å². The molecule has 1 aromatic rings. The highest BCUT2D eigenvalue weighted by Crippen LogP contribution is 2.17. The molecule has 1 amide bonds. The molecule has 1 aliphatic rings. The zero-order chi connectivity index (χ0) is 15.8. The molecular weight excluding hydrogens is 278 g/mol. The van der Waals surface area contributed by atoms with Crippen LogP contribution in [0.1, 0.15) is 44.1 Å². The van der Waals surface area contributed by atoms with Gasteiger partial charge in [-0.05, 0) is 31.2 Å². The standard InChI is InChI=1S/C18H23NO3/c20-14-16-9-5-13-19(16)18(22)12-11-17(21)10-4-8-15-6-2-1-3-7-15/h1-3,6-7,14,16H,4-5,8-13H2/t16-/m0/s1. The summed E-state index contributed by atoms with van der Waals surface area (Å²) in [5.41, 5.74) is 1.23. The van der Waals surface area contributed by atoms with Crippen LogP contribution < -0.4 is 0 Å². The van der Waals surface area contributed by atoms with Crippen molar-refractivity contribution in [3.05, 3.63) is 35.9 Å². The summed E-state index contributed by atoms with van der Waals surface area (Å²) >= 11 is 0. The van der Waals surface area contributed by atoms with Crippen LogP contribution in [0, 0.1) is 0 Å². The number of benzene rings is 1. The first-order valence-corrected chi connectivity index (χ1v) is 8.01. The number of hydrogen-bond acceptors (Lipinski definition) is 3. The molecule has 0 bridgehead atoms. The van der Waals surface area contributed by atoms with E-state index in [1.807, 2.05) is 18.2 Å². The third kappa shape index (κ3) is 4.79. The summed E-state index contributed by atoms with van der Waals surface area (Å²) in [6, 6.07) is 9.80. The van der Waals surface area contributed by atoms with E-state index < -0.39 is 0 Å². The smallest absolute Gasteiger partial charge is 0.223 e. The van der Waals surface area contributed by atoms with Gasteiger partial charge in [-0.3, -0.25) is 9.59 Å². The van der Waals surface area contributed by atoms with E-state index in [1.165, 1.54) is 5.56 Å². The third-order valence-corrected chi connectivity index (χ3v) is 4.16. The summed E-state index contributed by atoms with van der Waals surface area (Å²) in [5, 5.41) is 0. The van der Waals surface area contributed by atoms with Crippen LogP contribution in [0.4, 0.5) is 0 Å². The molecule has 4 heteroatoms. The molecule has 0 spiro atoms. The minimum absolute atomic E-state index is 0.0639. The van der Waals surface area contributed by atoms with E-state index >= 15 is 0 Å². The van der Waals surface area contributed by atoms with Crippen LogP contribution in [-0.4, -0.2) is 35.5 Å². The summed E-state index contributed by atoms with van der Waals surface area (Å²) in [4.78, 5) is 36.4. The van der Waals surface area contributed by atoms with E-state index in [2.05, 4.69) is 12.1 Å². The summed E-state index contributed by atoms with van der Waals surface area (Å²) in [7, 11) is 0. The molecule has 0 radical (unpaired) electrons. The van der Waals surface area contributed by atoms with Gasteiger partial charge in [0.05, 0.1) is 6.04 Å². The number of Topliss-reactive ketones (excluding diaryl/α,β-unsaturated/α-hetero) is 1. The Kier molecular flexibility index (Phi) is 6.31. The summed E-state index contributed by atoms with van der Waals surface area (Å²) in [5.74, 6) is 0.0668. The highest BCUT2D eigenvalue weighted by molar-refractivity contribution is 5.86. The van der Waals surface area contributed by atoms with Gasteiger partial charge in [0.2, 0.25) is 5.91 Å². The molecule has 1 atom stereocenters. The van der Waals surface area contributed by atoms with Gasteiger partial charge in [-0.25, -0.2) is 0 Å². The predicted octanol–water partition coefficient (Wildman–Crippen LogP) is 2.55. The molecule has 2 rings (SSSR count). The number of aldehydes is 1. The van der Waals surface area contributed by atoms with E-state index in [4.69, 9.17) is 0 Å². The first kappa shape index (κ1) is 16.4. The Hall–Kier alpha value is -1.97. The van der Waals surface area contributed by atoms with Crippen LogP contribution >= 0.6 is 0 Å². The molecule has 4 nitrogen and oxygen atoms in total. The van der Waals surface area contributed by atoms with Gasteiger partial charge in [-0.2, -0.15) is 0 Å². The van der Waals surface area contributed by atoms with Crippen molar-refractivity contribution in [3.8, 4) is 0 Å². The average Bonchev–Trinajstić information content (AvgIpc) is 3.02. The normalized spacial score (nSPS) is 17.5. The van der Waals surface area contributed by atoms with Crippen LogP contribution in [0.5, 0.6) is 0 Å². The number of ketones is 1. The number of amides is 1. The second-order valence-corrected chi connectivity index (χ2v) is 5.81. The lowest BCUT2D eigenvalue weighted by molar-refractivity contribution is -0.135. The van der Waals surface area contributed by atoms with Gasteiger partial charge in [-0.1, -0.05) is 30.3 Å². The Bertz CT molecular complexity index is 512. The van der Waals surface area contributed by atoms with Crippen molar-refractivity contribution >= 4 is 18.0 Å². The van der Waals surface area contributed by atoms with Crippen molar-refractivity contribution in [1.82, 2.24) is 4.90 Å². The average molecular weight is 301 g/mol. The molecule has 1 aromatic carbocycles. The maximum atomic E-state index is 12.0. The van der Waals surface area contributed by atoms with Crippen molar-refractivity contribution in [2.45, 2.75) is 51.0 Å². The SMILES string of the molecule is O=C[C@@H]1CCCN1C(=O)CCC(=O)CCCc1ccccc1. The number of nitrogens with zero attached hydrogens (tertiary/aromatic N) is 1. The van der Waals surface area contributed by atoms with Gasteiger partial charge < -0.3 is 9.69 Å². The van der Waals surface area contributed by atoms with Crippen LogP contribution in [-0.2, 0) is 20.8 Å². The molecule has 1 saturated heterocycles. The van der Waals surface area contributed by atoms with Gasteiger partial charge in [0.25, 0.3) is 0 Å². The molecule has 0 unspecified atom stereocenters. The van der Waals surface area contributed by atoms with Crippen molar-refractivity contribution in [2.24, 2.45) is 0 Å². The molecule has 1 heterocycles. The van der Waals surface area contributed by atoms with E-state index in [1.54, 1.807) is 4.90 Å². The van der Waals surface area contributed by atoms with Gasteiger partial charge in [-0.15, -0.1) is 0 Å². The minimum Gasteiger partial charge on any atom is -0.333 e. The van der Waals surface area contributed by atoms with Crippen LogP contribution in [0.25, 0.3) is 0 Å². The maximum Gasteiger partial charge on any atom is 0.223 e. The van der Waals surface area contributed by atoms with Gasteiger partial charge >= 0.3 is 0 Å². The summed E-state index contributed by atoms with van der Waals surface area (Å²) < 4.78 is 0. The Morgan fingerprint density at radius 3 is 2.64 bits per heavy atom. The highest BCUT2D eigenvalue weighted by Gasteiger charge is 2.27. The fourth-order valence-electron chi connectivity index (χ4n) is 2.89.